The number of rotatable bonds is 3. The van der Waals surface area contributed by atoms with Gasteiger partial charge in [-0.25, -0.2) is 4.90 Å². The van der Waals surface area contributed by atoms with Crippen molar-refractivity contribution < 1.29 is 9.59 Å². The fourth-order valence-electron chi connectivity index (χ4n) is 4.11. The topological polar surface area (TPSA) is 40.6 Å². The van der Waals surface area contributed by atoms with Crippen LogP contribution in [0.3, 0.4) is 0 Å². The minimum absolute atomic E-state index is 0.203. The lowest BCUT2D eigenvalue weighted by Crippen LogP contribution is -2.41. The van der Waals surface area contributed by atoms with E-state index in [1.165, 1.54) is 16.2 Å². The van der Waals surface area contributed by atoms with Gasteiger partial charge in [0.05, 0.1) is 11.3 Å². The van der Waals surface area contributed by atoms with Crippen molar-refractivity contribution in [1.82, 2.24) is 4.90 Å². The Hall–Kier alpha value is -2.40. The summed E-state index contributed by atoms with van der Waals surface area (Å²) in [6.07, 6.45) is 1.16. The van der Waals surface area contributed by atoms with Crippen LogP contribution in [-0.2, 0) is 9.59 Å². The average molecular weight is 366 g/mol. The van der Waals surface area contributed by atoms with Gasteiger partial charge in [0.2, 0.25) is 0 Å². The van der Waals surface area contributed by atoms with E-state index in [2.05, 4.69) is 18.7 Å². The molecule has 1 saturated heterocycles. The third kappa shape index (κ3) is 2.86. The van der Waals surface area contributed by atoms with Gasteiger partial charge in [-0.1, -0.05) is 38.1 Å². The van der Waals surface area contributed by atoms with Crippen LogP contribution in [0.15, 0.2) is 53.5 Å². The molecular weight excluding hydrogens is 344 g/mol. The Labute approximate surface area is 157 Å². The second kappa shape index (κ2) is 6.72. The molecule has 0 aliphatic carbocycles. The van der Waals surface area contributed by atoms with Crippen LogP contribution in [0.25, 0.3) is 5.57 Å². The van der Waals surface area contributed by atoms with Crippen molar-refractivity contribution in [2.75, 3.05) is 18.0 Å². The minimum atomic E-state index is -0.218. The molecule has 2 unspecified atom stereocenters. The quantitative estimate of drug-likeness (QED) is 0.771. The molecule has 0 N–H and O–H groups in total. The van der Waals surface area contributed by atoms with Gasteiger partial charge in [-0.2, -0.15) is 0 Å². The highest BCUT2D eigenvalue weighted by Gasteiger charge is 2.43. The summed E-state index contributed by atoms with van der Waals surface area (Å²) in [4.78, 5) is 30.9. The molecule has 134 valence electrons. The molecule has 4 nitrogen and oxygen atoms in total. The molecule has 0 bridgehead atoms. The predicted octanol–water partition coefficient (Wildman–Crippen LogP) is 4.01. The van der Waals surface area contributed by atoms with Gasteiger partial charge in [0.25, 0.3) is 11.8 Å². The Morgan fingerprint density at radius 3 is 2.23 bits per heavy atom. The number of piperidine rings is 1. The van der Waals surface area contributed by atoms with Gasteiger partial charge in [-0.15, -0.1) is 11.3 Å². The molecule has 3 heterocycles. The van der Waals surface area contributed by atoms with E-state index in [4.69, 9.17) is 0 Å². The highest BCUT2D eigenvalue weighted by molar-refractivity contribution is 7.11. The van der Waals surface area contributed by atoms with Crippen molar-refractivity contribution >= 4 is 34.4 Å². The number of amides is 2. The Morgan fingerprint density at radius 1 is 0.923 bits per heavy atom. The van der Waals surface area contributed by atoms with Crippen molar-refractivity contribution in [2.45, 2.75) is 20.3 Å². The molecule has 1 aromatic carbocycles. The Morgan fingerprint density at radius 2 is 1.62 bits per heavy atom. The molecule has 4 rings (SSSR count). The van der Waals surface area contributed by atoms with Crippen molar-refractivity contribution in [2.24, 2.45) is 11.8 Å². The normalized spacial score (nSPS) is 23.9. The van der Waals surface area contributed by atoms with Crippen molar-refractivity contribution in [3.05, 3.63) is 58.4 Å². The van der Waals surface area contributed by atoms with Gasteiger partial charge >= 0.3 is 0 Å². The van der Waals surface area contributed by atoms with Crippen LogP contribution in [0.4, 0.5) is 5.69 Å². The zero-order chi connectivity index (χ0) is 18.3. The number of hydrogen-bond donors (Lipinski definition) is 0. The summed E-state index contributed by atoms with van der Waals surface area (Å²) in [5.74, 6) is 0.587. The lowest BCUT2D eigenvalue weighted by molar-refractivity contribution is -0.120. The van der Waals surface area contributed by atoms with Gasteiger partial charge in [0.1, 0.15) is 5.70 Å². The fourth-order valence-corrected chi connectivity index (χ4v) is 4.87. The molecule has 0 spiro atoms. The number of nitrogens with zero attached hydrogens (tertiary/aromatic N) is 2. The van der Waals surface area contributed by atoms with Crippen LogP contribution in [0, 0.1) is 11.8 Å². The molecule has 5 heteroatoms. The summed E-state index contributed by atoms with van der Waals surface area (Å²) >= 11 is 1.51. The van der Waals surface area contributed by atoms with Gasteiger partial charge in [-0.3, -0.25) is 9.59 Å². The van der Waals surface area contributed by atoms with Gasteiger partial charge in [0.15, 0.2) is 0 Å². The average Bonchev–Trinajstić information content (AvgIpc) is 3.21. The molecule has 26 heavy (non-hydrogen) atoms. The highest BCUT2D eigenvalue weighted by atomic mass is 32.1. The summed E-state index contributed by atoms with van der Waals surface area (Å²) < 4.78 is 0. The molecule has 2 atom stereocenters. The third-order valence-electron chi connectivity index (χ3n) is 5.03. The molecule has 2 aliphatic heterocycles. The minimum Gasteiger partial charge on any atom is -0.366 e. The van der Waals surface area contributed by atoms with Crippen LogP contribution in [0.2, 0.25) is 0 Å². The number of para-hydroxylation sites is 1. The summed E-state index contributed by atoms with van der Waals surface area (Å²) in [5, 5.41) is 1.95. The van der Waals surface area contributed by atoms with Gasteiger partial charge < -0.3 is 4.90 Å². The largest absolute Gasteiger partial charge is 0.366 e. The second-order valence-electron chi connectivity index (χ2n) is 7.33. The molecule has 1 fully saturated rings. The lowest BCUT2D eigenvalue weighted by atomic mass is 9.91. The first-order valence-electron chi connectivity index (χ1n) is 9.03. The van der Waals surface area contributed by atoms with Crippen LogP contribution in [0.1, 0.15) is 25.1 Å². The number of likely N-dealkylation sites (tertiary alicyclic amines) is 1. The van der Waals surface area contributed by atoms with Crippen molar-refractivity contribution in [3.8, 4) is 0 Å². The highest BCUT2D eigenvalue weighted by Crippen LogP contribution is 2.38. The monoisotopic (exact) mass is 366 g/mol. The van der Waals surface area contributed by atoms with E-state index in [1.807, 2.05) is 47.8 Å². The van der Waals surface area contributed by atoms with Gasteiger partial charge in [-0.05, 0) is 41.8 Å². The maximum absolute atomic E-state index is 13.3. The first-order valence-corrected chi connectivity index (χ1v) is 9.91. The summed E-state index contributed by atoms with van der Waals surface area (Å²) in [7, 11) is 0. The van der Waals surface area contributed by atoms with Crippen molar-refractivity contribution in [1.29, 1.82) is 0 Å². The first-order chi connectivity index (χ1) is 12.6. The van der Waals surface area contributed by atoms with Crippen LogP contribution in [-0.4, -0.2) is 29.8 Å². The Kier molecular flexibility index (Phi) is 4.41. The van der Waals surface area contributed by atoms with E-state index in [9.17, 15) is 9.59 Å². The fraction of sp³-hybridized carbons (Fsp3) is 0.333. The van der Waals surface area contributed by atoms with E-state index < -0.39 is 0 Å². The molecule has 2 amide bonds. The number of carbonyl (C=O) groups is 2. The molecule has 1 aromatic heterocycles. The van der Waals surface area contributed by atoms with Crippen LogP contribution in [0.5, 0.6) is 0 Å². The number of imide groups is 1. The van der Waals surface area contributed by atoms with Gasteiger partial charge in [0, 0.05) is 18.0 Å². The van der Waals surface area contributed by atoms with Crippen molar-refractivity contribution in [3.63, 3.8) is 0 Å². The maximum atomic E-state index is 13.3. The smallest absolute Gasteiger partial charge is 0.282 e. The summed E-state index contributed by atoms with van der Waals surface area (Å²) in [5.41, 5.74) is 1.75. The number of benzene rings is 1. The number of hydrogen-bond acceptors (Lipinski definition) is 4. The SMILES string of the molecule is CC1CC(C)CN(C2=C(c3cccs3)C(=O)N(c3ccccc3)C2=O)C1. The van der Waals surface area contributed by atoms with E-state index in [0.717, 1.165) is 24.4 Å². The number of carbonyl (C=O) groups excluding carboxylic acids is 2. The van der Waals surface area contributed by atoms with E-state index in [1.54, 1.807) is 0 Å². The molecular formula is C21H22N2O2S. The summed E-state index contributed by atoms with van der Waals surface area (Å²) in [6.45, 7) is 6.06. The zero-order valence-electron chi connectivity index (χ0n) is 15.0. The molecule has 2 aromatic rings. The Bertz CT molecular complexity index is 847. The lowest BCUT2D eigenvalue weighted by Gasteiger charge is -2.37. The molecule has 0 saturated carbocycles. The maximum Gasteiger partial charge on any atom is 0.282 e. The van der Waals surface area contributed by atoms with Crippen LogP contribution < -0.4 is 4.90 Å². The van der Waals surface area contributed by atoms with Crippen LogP contribution >= 0.6 is 11.3 Å². The van der Waals surface area contributed by atoms with E-state index in [0.29, 0.717) is 28.8 Å². The Balaban J connectivity index is 1.81. The predicted molar refractivity (Wildman–Crippen MR) is 105 cm³/mol. The van der Waals surface area contributed by atoms with E-state index in [-0.39, 0.29) is 11.8 Å². The second-order valence-corrected chi connectivity index (χ2v) is 8.28. The molecule has 2 aliphatic rings. The third-order valence-corrected chi connectivity index (χ3v) is 5.91. The van der Waals surface area contributed by atoms with E-state index >= 15 is 0 Å². The standard InChI is InChI=1S/C21H22N2O2S/c1-14-11-15(2)13-22(12-14)19-18(17-9-6-10-26-17)20(24)23(21(19)25)16-7-4-3-5-8-16/h3-10,14-15H,11-13H2,1-2H3. The first kappa shape index (κ1) is 17.0. The summed E-state index contributed by atoms with van der Waals surface area (Å²) in [6, 6.07) is 13.1. The zero-order valence-corrected chi connectivity index (χ0v) is 15.8. The molecule has 0 radical (unpaired) electrons. The number of anilines is 1. The number of thiophene rings is 1.